The maximum absolute atomic E-state index is 5.37. The van der Waals surface area contributed by atoms with Gasteiger partial charge in [-0.05, 0) is 12.5 Å². The Morgan fingerprint density at radius 2 is 2.07 bits per heavy atom. The monoisotopic (exact) mass is 205 g/mol. The summed E-state index contributed by atoms with van der Waals surface area (Å²) in [5.41, 5.74) is 2.37. The van der Waals surface area contributed by atoms with E-state index in [0.717, 1.165) is 25.3 Å². The van der Waals surface area contributed by atoms with Gasteiger partial charge in [0, 0.05) is 13.1 Å². The summed E-state index contributed by atoms with van der Waals surface area (Å²) in [6, 6.07) is 10.4. The minimum atomic E-state index is 0.660. The van der Waals surface area contributed by atoms with Crippen molar-refractivity contribution >= 4 is 0 Å². The van der Waals surface area contributed by atoms with Crippen LogP contribution in [0.25, 0.3) is 0 Å². The lowest BCUT2D eigenvalue weighted by Gasteiger charge is -2.05. The SMILES string of the molecule is C=C(C)COCCNCc1ccccc1. The van der Waals surface area contributed by atoms with E-state index >= 15 is 0 Å². The molecule has 0 saturated heterocycles. The van der Waals surface area contributed by atoms with Crippen LogP contribution in [-0.4, -0.2) is 19.8 Å². The number of rotatable bonds is 7. The van der Waals surface area contributed by atoms with Crippen LogP contribution in [0, 0.1) is 0 Å². The van der Waals surface area contributed by atoms with Crippen LogP contribution in [0.3, 0.4) is 0 Å². The first-order chi connectivity index (χ1) is 7.29. The van der Waals surface area contributed by atoms with E-state index in [1.165, 1.54) is 5.56 Å². The second-order valence-electron chi connectivity index (χ2n) is 3.67. The summed E-state index contributed by atoms with van der Waals surface area (Å²) < 4.78 is 5.37. The lowest BCUT2D eigenvalue weighted by molar-refractivity contribution is 0.158. The van der Waals surface area contributed by atoms with Crippen molar-refractivity contribution in [1.82, 2.24) is 5.32 Å². The number of hydrogen-bond acceptors (Lipinski definition) is 2. The van der Waals surface area contributed by atoms with Gasteiger partial charge in [0.05, 0.1) is 13.2 Å². The first kappa shape index (κ1) is 12.0. The zero-order valence-electron chi connectivity index (χ0n) is 9.33. The molecule has 1 aromatic rings. The molecule has 2 heteroatoms. The molecule has 15 heavy (non-hydrogen) atoms. The molecule has 0 aliphatic heterocycles. The molecule has 0 heterocycles. The van der Waals surface area contributed by atoms with Gasteiger partial charge >= 0.3 is 0 Å². The van der Waals surface area contributed by atoms with Crippen molar-refractivity contribution in [3.63, 3.8) is 0 Å². The highest BCUT2D eigenvalue weighted by atomic mass is 16.5. The van der Waals surface area contributed by atoms with Crippen LogP contribution < -0.4 is 5.32 Å². The van der Waals surface area contributed by atoms with E-state index in [0.29, 0.717) is 6.61 Å². The molecule has 1 rings (SSSR count). The third-order valence-electron chi connectivity index (χ3n) is 1.94. The van der Waals surface area contributed by atoms with Crippen LogP contribution in [-0.2, 0) is 11.3 Å². The van der Waals surface area contributed by atoms with E-state index in [9.17, 15) is 0 Å². The van der Waals surface area contributed by atoms with Crippen molar-refractivity contribution in [2.24, 2.45) is 0 Å². The predicted octanol–water partition coefficient (Wildman–Crippen LogP) is 2.37. The average Bonchev–Trinajstić information content (AvgIpc) is 2.24. The average molecular weight is 205 g/mol. The Kier molecular flexibility index (Phi) is 5.74. The van der Waals surface area contributed by atoms with E-state index in [-0.39, 0.29) is 0 Å². The van der Waals surface area contributed by atoms with E-state index in [4.69, 9.17) is 4.74 Å². The second-order valence-corrected chi connectivity index (χ2v) is 3.67. The summed E-state index contributed by atoms with van der Waals surface area (Å²) in [6.07, 6.45) is 0. The van der Waals surface area contributed by atoms with Crippen LogP contribution >= 0.6 is 0 Å². The molecular weight excluding hydrogens is 186 g/mol. The van der Waals surface area contributed by atoms with Crippen molar-refractivity contribution in [3.05, 3.63) is 48.0 Å². The van der Waals surface area contributed by atoms with E-state index < -0.39 is 0 Å². The summed E-state index contributed by atoms with van der Waals surface area (Å²) in [4.78, 5) is 0. The molecule has 0 fully saturated rings. The summed E-state index contributed by atoms with van der Waals surface area (Å²) in [5, 5.41) is 3.32. The van der Waals surface area contributed by atoms with E-state index in [1.54, 1.807) is 0 Å². The van der Waals surface area contributed by atoms with E-state index in [1.807, 2.05) is 13.0 Å². The fourth-order valence-electron chi connectivity index (χ4n) is 1.22. The minimum absolute atomic E-state index is 0.660. The third-order valence-corrected chi connectivity index (χ3v) is 1.94. The zero-order chi connectivity index (χ0) is 10.9. The highest BCUT2D eigenvalue weighted by Gasteiger charge is 1.91. The maximum atomic E-state index is 5.37. The quantitative estimate of drug-likeness (QED) is 0.545. The Labute approximate surface area is 92.0 Å². The van der Waals surface area contributed by atoms with Crippen LogP contribution in [0.5, 0.6) is 0 Å². The first-order valence-electron chi connectivity index (χ1n) is 5.26. The van der Waals surface area contributed by atoms with Crippen LogP contribution in [0.4, 0.5) is 0 Å². The number of ether oxygens (including phenoxy) is 1. The van der Waals surface area contributed by atoms with Crippen molar-refractivity contribution < 1.29 is 4.74 Å². The molecule has 0 amide bonds. The smallest absolute Gasteiger partial charge is 0.0672 e. The summed E-state index contributed by atoms with van der Waals surface area (Å²) in [5.74, 6) is 0. The molecule has 0 unspecified atom stereocenters. The van der Waals surface area contributed by atoms with Gasteiger partial charge in [-0.15, -0.1) is 0 Å². The molecule has 0 bridgehead atoms. The third kappa shape index (κ3) is 6.05. The van der Waals surface area contributed by atoms with Gasteiger partial charge in [0.25, 0.3) is 0 Å². The van der Waals surface area contributed by atoms with Gasteiger partial charge in [0.15, 0.2) is 0 Å². The van der Waals surface area contributed by atoms with Gasteiger partial charge in [-0.1, -0.05) is 42.5 Å². The van der Waals surface area contributed by atoms with Crippen LogP contribution in [0.1, 0.15) is 12.5 Å². The topological polar surface area (TPSA) is 21.3 Å². The number of hydrogen-bond donors (Lipinski definition) is 1. The molecule has 0 radical (unpaired) electrons. The number of nitrogens with one attached hydrogen (secondary N) is 1. The molecule has 2 nitrogen and oxygen atoms in total. The van der Waals surface area contributed by atoms with Gasteiger partial charge in [-0.3, -0.25) is 0 Å². The molecule has 0 aliphatic rings. The normalized spacial score (nSPS) is 10.2. The molecule has 0 aromatic heterocycles. The molecule has 0 aliphatic carbocycles. The molecular formula is C13H19NO. The standard InChI is InChI=1S/C13H19NO/c1-12(2)11-15-9-8-14-10-13-6-4-3-5-7-13/h3-7,14H,1,8-11H2,2H3. The van der Waals surface area contributed by atoms with Gasteiger partial charge in [-0.2, -0.15) is 0 Å². The highest BCUT2D eigenvalue weighted by Crippen LogP contribution is 1.96. The first-order valence-corrected chi connectivity index (χ1v) is 5.26. The van der Waals surface area contributed by atoms with Crippen molar-refractivity contribution in [2.75, 3.05) is 19.8 Å². The van der Waals surface area contributed by atoms with Gasteiger partial charge in [0.1, 0.15) is 0 Å². The fourth-order valence-corrected chi connectivity index (χ4v) is 1.22. The second kappa shape index (κ2) is 7.21. The predicted molar refractivity (Wildman–Crippen MR) is 63.8 cm³/mol. The lowest BCUT2D eigenvalue weighted by atomic mass is 10.2. The number of benzene rings is 1. The van der Waals surface area contributed by atoms with Crippen molar-refractivity contribution in [1.29, 1.82) is 0 Å². The molecule has 0 atom stereocenters. The van der Waals surface area contributed by atoms with Crippen molar-refractivity contribution in [2.45, 2.75) is 13.5 Å². The summed E-state index contributed by atoms with van der Waals surface area (Å²) in [6.45, 7) is 8.92. The Bertz CT molecular complexity index is 282. The minimum Gasteiger partial charge on any atom is -0.376 e. The van der Waals surface area contributed by atoms with Gasteiger partial charge in [-0.25, -0.2) is 0 Å². The molecule has 0 spiro atoms. The Balaban J connectivity index is 2.00. The lowest BCUT2D eigenvalue weighted by Crippen LogP contribution is -2.19. The Morgan fingerprint density at radius 3 is 2.73 bits per heavy atom. The molecule has 1 aromatic carbocycles. The van der Waals surface area contributed by atoms with Crippen LogP contribution in [0.15, 0.2) is 42.5 Å². The Morgan fingerprint density at radius 1 is 1.33 bits per heavy atom. The maximum Gasteiger partial charge on any atom is 0.0672 e. The molecule has 1 N–H and O–H groups in total. The molecule has 82 valence electrons. The van der Waals surface area contributed by atoms with Gasteiger partial charge < -0.3 is 10.1 Å². The van der Waals surface area contributed by atoms with Crippen molar-refractivity contribution in [3.8, 4) is 0 Å². The summed E-state index contributed by atoms with van der Waals surface area (Å²) >= 11 is 0. The zero-order valence-corrected chi connectivity index (χ0v) is 9.33. The fraction of sp³-hybridized carbons (Fsp3) is 0.385. The summed E-state index contributed by atoms with van der Waals surface area (Å²) in [7, 11) is 0. The Hall–Kier alpha value is -1.12. The van der Waals surface area contributed by atoms with Crippen LogP contribution in [0.2, 0.25) is 0 Å². The largest absolute Gasteiger partial charge is 0.376 e. The molecule has 0 saturated carbocycles. The van der Waals surface area contributed by atoms with Gasteiger partial charge in [0.2, 0.25) is 0 Å². The van der Waals surface area contributed by atoms with E-state index in [2.05, 4.69) is 36.2 Å². The highest BCUT2D eigenvalue weighted by molar-refractivity contribution is 5.14.